The van der Waals surface area contributed by atoms with Crippen molar-refractivity contribution < 1.29 is 28.7 Å². The van der Waals surface area contributed by atoms with Gasteiger partial charge in [-0.15, -0.1) is 12.4 Å². The SMILES string of the molecule is C.C.CCc1nsc(CC(=O)Oc2ccccc2)n1.CCc1nsc(N)n1.CCc1nsc(NC(=O)N2C[C@H]3CC(N(C)c4ncnc5[nH]ccc45)C[C@H]3C2)n1.CCc1nsc(NC(=O)N2C[C@H]3CC(N(C)c4ncnc5[nH]ccc45)C[C@H]3C2)n1.CN(c1ncnc2[nH]ccc12)C1C[C@H]2CNC[C@H]2C1.Cl.O=C(Cl)Oc1ccccc1. The van der Waals surface area contributed by atoms with Crippen molar-refractivity contribution in [3.05, 3.63) is 145 Å². The lowest BCUT2D eigenvalue weighted by molar-refractivity contribution is -0.133. The molecular weight excluding hydrogens is 1580 g/mol. The van der Waals surface area contributed by atoms with Crippen LogP contribution < -0.4 is 45.9 Å². The molecule has 115 heavy (non-hydrogen) atoms. The molecule has 3 saturated heterocycles. The normalized spacial score (nSPS) is 19.7. The molecule has 8 N–H and O–H groups in total. The van der Waals surface area contributed by atoms with Gasteiger partial charge in [0, 0.05) is 156 Å². The van der Waals surface area contributed by atoms with Crippen LogP contribution in [0.3, 0.4) is 0 Å². The lowest BCUT2D eigenvalue weighted by atomic mass is 10.0. The van der Waals surface area contributed by atoms with Crippen LogP contribution in [0.2, 0.25) is 0 Å². The third-order valence-electron chi connectivity index (χ3n) is 21.1. The number of hydrogen-bond acceptors (Lipinski definition) is 29. The lowest BCUT2D eigenvalue weighted by Crippen LogP contribution is -2.36. The van der Waals surface area contributed by atoms with E-state index in [9.17, 15) is 19.2 Å². The van der Waals surface area contributed by atoms with Crippen molar-refractivity contribution in [2.75, 3.05) is 91.5 Å². The summed E-state index contributed by atoms with van der Waals surface area (Å²) in [4.78, 5) is 110. The molecule has 9 atom stereocenters. The van der Waals surface area contributed by atoms with Crippen LogP contribution in [0.4, 0.5) is 47.2 Å². The Kier molecular flexibility index (Phi) is 31.3. The highest BCUT2D eigenvalue weighted by molar-refractivity contribution is 7.10. The van der Waals surface area contributed by atoms with Crippen molar-refractivity contribution in [2.24, 2.45) is 35.5 Å². The molecule has 6 aliphatic rings. The van der Waals surface area contributed by atoms with E-state index in [-0.39, 0.29) is 51.7 Å². The molecule has 3 aliphatic heterocycles. The summed E-state index contributed by atoms with van der Waals surface area (Å²) in [5.41, 5.74) is 7.15. The predicted octanol–water partition coefficient (Wildman–Crippen LogP) is 13.9. The summed E-state index contributed by atoms with van der Waals surface area (Å²) in [5.74, 6) is 10.7. The maximum atomic E-state index is 12.6. The first-order chi connectivity index (χ1) is 54.5. The summed E-state index contributed by atoms with van der Waals surface area (Å²) < 4.78 is 26.2. The van der Waals surface area contributed by atoms with Crippen LogP contribution in [0.1, 0.15) is 109 Å². The number of esters is 1. The molecule has 0 radical (unpaired) electrons. The van der Waals surface area contributed by atoms with Crippen molar-refractivity contribution >= 4 is 160 Å². The summed E-state index contributed by atoms with van der Waals surface area (Å²) >= 11 is 9.94. The Balaban J connectivity index is 0.000000152. The monoisotopic (exact) mass is 1680 g/mol. The molecule has 3 unspecified atom stereocenters. The first-order valence-electron chi connectivity index (χ1n) is 37.5. The van der Waals surface area contributed by atoms with Crippen LogP contribution >= 0.6 is 70.1 Å². The summed E-state index contributed by atoms with van der Waals surface area (Å²) in [6.07, 6.45) is 20.8. The standard InChI is InChI=1S/2C19H24N8OS.C14H19N5.C12H12N2O2S.C7H5ClO2.C4H7N3S.2CH4.ClH/c2*1-3-15-23-18(29-25-15)24-19(28)27-8-11-6-13(7-12(11)9-27)26(2)17-14-4-5-20-16(14)21-10-22-17;1-19(11-4-9-6-15-7-10(9)5-11)14-12-2-3-16-13(12)17-8-18-14;1-2-10-13-11(17-14-10)8-12(15)16-9-6-4-3-5-7-9;8-7(9)10-6-4-2-1-3-5-6;1-2-3-6-4(5)8-7-3;;;/h2*4-5,10-13H,3,6-9H2,1-2H3,(H,20,21,22)(H,23,24,25,28);2-3,8-11,15H,4-7H2,1H3,(H,16,17,18);3-7H,2,8H2,1H3;1-5H;2H2,1H3,(H2,5,6,7);2*1H4;1H/t2*11-,12+,13?;9-,10+,11?;;;;;;. The van der Waals surface area contributed by atoms with E-state index in [2.05, 4.69) is 145 Å². The fourth-order valence-corrected chi connectivity index (χ4v) is 18.0. The summed E-state index contributed by atoms with van der Waals surface area (Å²) in [5, 5.41) is 15.0. The average Bonchev–Trinajstić information content (AvgIpc) is 1.65. The summed E-state index contributed by atoms with van der Waals surface area (Å²) in [6.45, 7) is 13.6. The number of para-hydroxylation sites is 2. The number of carbonyl (C=O) groups excluding carboxylic acids is 4. The zero-order valence-corrected chi connectivity index (χ0v) is 68.5. The number of amides is 4. The number of hydrogen-bond donors (Lipinski definition) is 7. The van der Waals surface area contributed by atoms with Crippen LogP contribution in [-0.2, 0) is 36.9 Å². The lowest BCUT2D eigenvalue weighted by Gasteiger charge is -2.27. The number of halogens is 2. The Morgan fingerprint density at radius 3 is 1.19 bits per heavy atom. The molecule has 32 nitrogen and oxygen atoms in total. The first-order valence-corrected chi connectivity index (χ1v) is 41.0. The molecule has 10 aromatic heterocycles. The molecule has 0 bridgehead atoms. The van der Waals surface area contributed by atoms with Crippen LogP contribution in [0, 0.1) is 35.5 Å². The van der Waals surface area contributed by atoms with Gasteiger partial charge in [-0.05, 0) is 141 Å². The third-order valence-corrected chi connectivity index (χ3v) is 23.9. The van der Waals surface area contributed by atoms with Crippen LogP contribution in [0.5, 0.6) is 11.5 Å². The largest absolute Gasteiger partial charge is 0.426 e. The molecule has 3 saturated carbocycles. The first kappa shape index (κ1) is 87.2. The van der Waals surface area contributed by atoms with E-state index in [0.29, 0.717) is 73.7 Å². The highest BCUT2D eigenvalue weighted by atomic mass is 35.5. The number of likely N-dealkylation sites (tertiary alicyclic amines) is 2. The average molecular weight is 1680 g/mol. The van der Waals surface area contributed by atoms with E-state index in [1.807, 2.05) is 92.5 Å². The van der Waals surface area contributed by atoms with Crippen LogP contribution in [-0.4, -0.2) is 194 Å². The predicted molar refractivity (Wildman–Crippen MR) is 457 cm³/mol. The van der Waals surface area contributed by atoms with Gasteiger partial charge in [-0.2, -0.15) is 17.5 Å². The molecule has 13 heterocycles. The highest BCUT2D eigenvalue weighted by Gasteiger charge is 2.46. The van der Waals surface area contributed by atoms with E-state index in [1.54, 1.807) is 55.4 Å². The van der Waals surface area contributed by atoms with Gasteiger partial charge < -0.3 is 60.0 Å². The highest BCUT2D eigenvalue weighted by Crippen LogP contribution is 2.44. The number of nitrogens with two attached hydrogens (primary N) is 1. The number of aromatic nitrogens is 17. The Labute approximate surface area is 695 Å². The van der Waals surface area contributed by atoms with Crippen molar-refractivity contribution in [3.63, 3.8) is 0 Å². The number of anilines is 6. The van der Waals surface area contributed by atoms with E-state index in [0.717, 1.165) is 163 Å². The number of aromatic amines is 3. The smallest absolute Gasteiger partial charge is 0.409 e. The van der Waals surface area contributed by atoms with Crippen LogP contribution in [0.15, 0.2) is 116 Å². The van der Waals surface area contributed by atoms with Crippen molar-refractivity contribution in [3.8, 4) is 11.5 Å². The number of benzene rings is 2. The second-order valence-corrected chi connectivity index (χ2v) is 31.6. The molecule has 18 rings (SSSR count). The molecule has 3 aliphatic carbocycles. The van der Waals surface area contributed by atoms with Crippen molar-refractivity contribution in [2.45, 2.75) is 131 Å². The zero-order chi connectivity index (χ0) is 78.2. The number of nitrogens with zero attached hydrogens (tertiary/aromatic N) is 19. The van der Waals surface area contributed by atoms with Gasteiger partial charge in [-0.3, -0.25) is 15.4 Å². The quantitative estimate of drug-likeness (QED) is 0.0268. The Hall–Kier alpha value is -10.2. The van der Waals surface area contributed by atoms with Gasteiger partial charge in [0.2, 0.25) is 10.3 Å². The minimum absolute atomic E-state index is 0. The van der Waals surface area contributed by atoms with Crippen LogP contribution in [0.25, 0.3) is 33.1 Å². The fraction of sp³-hybridized carbons (Fsp3) is 0.455. The third kappa shape index (κ3) is 22.2. The number of aryl methyl sites for hydroxylation is 4. The maximum absolute atomic E-state index is 12.6. The van der Waals surface area contributed by atoms with Gasteiger partial charge in [0.15, 0.2) is 5.13 Å². The van der Waals surface area contributed by atoms with Gasteiger partial charge in [-0.1, -0.05) is 78.9 Å². The molecule has 0 spiro atoms. The minimum atomic E-state index is -0.814. The number of nitrogen functional groups attached to an aromatic ring is 1. The molecule has 612 valence electrons. The number of carbonyl (C=O) groups is 4. The van der Waals surface area contributed by atoms with Gasteiger partial charge in [0.1, 0.15) is 93.2 Å². The van der Waals surface area contributed by atoms with Gasteiger partial charge in [0.05, 0.1) is 22.6 Å². The summed E-state index contributed by atoms with van der Waals surface area (Å²) in [7, 11) is 6.41. The molecular formula is C77H100Cl2N26O6S4. The van der Waals surface area contributed by atoms with Crippen molar-refractivity contribution in [1.29, 1.82) is 0 Å². The Bertz CT molecular complexity index is 4860. The van der Waals surface area contributed by atoms with Gasteiger partial charge in [0.25, 0.3) is 0 Å². The maximum Gasteiger partial charge on any atom is 0.409 e. The minimum Gasteiger partial charge on any atom is -0.426 e. The van der Waals surface area contributed by atoms with Gasteiger partial charge in [-0.25, -0.2) is 64.2 Å². The number of urea groups is 2. The zero-order valence-electron chi connectivity index (χ0n) is 63.6. The van der Waals surface area contributed by atoms with E-state index in [4.69, 9.17) is 22.1 Å². The number of fused-ring (bicyclic) bond motifs is 6. The number of nitrogens with one attached hydrogen (secondary N) is 6. The molecule has 12 aromatic rings. The second kappa shape index (κ2) is 41.4. The van der Waals surface area contributed by atoms with Gasteiger partial charge >= 0.3 is 23.5 Å². The molecule has 38 heteroatoms. The Morgan fingerprint density at radius 1 is 0.487 bits per heavy atom. The topological polar surface area (TPSA) is 393 Å². The number of ether oxygens (including phenoxy) is 2. The Morgan fingerprint density at radius 2 is 0.843 bits per heavy atom. The molecule has 2 aromatic carbocycles. The van der Waals surface area contributed by atoms with E-state index in [1.165, 1.54) is 72.1 Å². The van der Waals surface area contributed by atoms with Crippen molar-refractivity contribution in [1.82, 2.24) is 97.4 Å². The number of rotatable bonds is 16. The summed E-state index contributed by atoms with van der Waals surface area (Å²) in [6, 6.07) is 25.1. The second-order valence-electron chi connectivity index (χ2n) is 28.1. The molecule has 4 amide bonds. The number of H-pyrrole nitrogens is 3. The fourth-order valence-electron chi connectivity index (χ4n) is 15.4. The molecule has 6 fully saturated rings. The van der Waals surface area contributed by atoms with E-state index < -0.39 is 5.43 Å². The van der Waals surface area contributed by atoms with E-state index >= 15 is 0 Å².